The minimum absolute atomic E-state index is 0.395. The molecule has 0 aliphatic rings. The van der Waals surface area contributed by atoms with Crippen LogP contribution in [0.2, 0.25) is 0 Å². The normalized spacial score (nSPS) is 13.6. The average Bonchev–Trinajstić information content (AvgIpc) is 3.03. The van der Waals surface area contributed by atoms with Crippen LogP contribution in [0.15, 0.2) is 114 Å². The van der Waals surface area contributed by atoms with Gasteiger partial charge in [0.2, 0.25) is 5.88 Å². The zero-order valence-corrected chi connectivity index (χ0v) is 25.9. The van der Waals surface area contributed by atoms with E-state index < -0.39 is 11.5 Å². The third kappa shape index (κ3) is 7.06. The van der Waals surface area contributed by atoms with E-state index in [0.29, 0.717) is 12.3 Å². The molecule has 5 nitrogen and oxygen atoms in total. The predicted molar refractivity (Wildman–Crippen MR) is 174 cm³/mol. The summed E-state index contributed by atoms with van der Waals surface area (Å²) in [5.41, 5.74) is 3.54. The number of hydrogen-bond donors (Lipinski definition) is 1. The lowest BCUT2D eigenvalue weighted by atomic mass is 9.71. The largest absolute Gasteiger partial charge is 0.481 e. The molecule has 2 unspecified atom stereocenters. The summed E-state index contributed by atoms with van der Waals surface area (Å²) < 4.78 is 6.87. The average molecular weight is 625 g/mol. The quantitative estimate of drug-likeness (QED) is 0.136. The van der Waals surface area contributed by atoms with Crippen molar-refractivity contribution in [3.63, 3.8) is 0 Å². The molecule has 3 aromatic carbocycles. The summed E-state index contributed by atoms with van der Waals surface area (Å²) in [6.45, 7) is 1.89. The van der Waals surface area contributed by atoms with Crippen LogP contribution in [0.4, 0.5) is 0 Å². The fourth-order valence-electron chi connectivity index (χ4n) is 5.80. The maximum Gasteiger partial charge on any atom is 0.217 e. The Balaban J connectivity index is 1.46. The number of methoxy groups -OCH3 is 1. The molecule has 2 atom stereocenters. The molecule has 6 heteroatoms. The number of pyridine rings is 2. The summed E-state index contributed by atoms with van der Waals surface area (Å²) in [6, 6.07) is 34.5. The van der Waals surface area contributed by atoms with Crippen LogP contribution >= 0.6 is 15.9 Å². The molecule has 0 saturated carbocycles. The molecule has 0 amide bonds. The molecule has 0 spiro atoms. The molecule has 42 heavy (non-hydrogen) atoms. The number of aromatic nitrogens is 2. The highest BCUT2D eigenvalue weighted by molar-refractivity contribution is 9.10. The fraction of sp³-hybridized carbons (Fsp3) is 0.278. The Labute approximate surface area is 257 Å². The molecule has 5 rings (SSSR count). The first-order chi connectivity index (χ1) is 20.5. The molecule has 0 bridgehead atoms. The van der Waals surface area contributed by atoms with Crippen LogP contribution in [0.5, 0.6) is 5.88 Å². The predicted octanol–water partition coefficient (Wildman–Crippen LogP) is 7.77. The monoisotopic (exact) mass is 623 g/mol. The summed E-state index contributed by atoms with van der Waals surface area (Å²) in [7, 11) is 3.81. The first-order valence-electron chi connectivity index (χ1n) is 14.5. The van der Waals surface area contributed by atoms with Gasteiger partial charge in [0.1, 0.15) is 5.60 Å². The molecular formula is C36H38BrN3O2. The molecule has 5 aromatic rings. The summed E-state index contributed by atoms with van der Waals surface area (Å²) in [6.07, 6.45) is 5.19. The topological polar surface area (TPSA) is 58.5 Å². The first-order valence-corrected chi connectivity index (χ1v) is 15.3. The molecule has 0 saturated heterocycles. The third-order valence-electron chi connectivity index (χ3n) is 7.98. The van der Waals surface area contributed by atoms with Crippen molar-refractivity contribution in [3.8, 4) is 5.88 Å². The Morgan fingerprint density at radius 3 is 2.33 bits per heavy atom. The number of ether oxygens (including phenoxy) is 1. The Morgan fingerprint density at radius 2 is 1.62 bits per heavy atom. The van der Waals surface area contributed by atoms with Crippen LogP contribution in [0.1, 0.15) is 47.6 Å². The van der Waals surface area contributed by atoms with Crippen LogP contribution < -0.4 is 4.74 Å². The molecule has 0 fully saturated rings. The molecular weight excluding hydrogens is 586 g/mol. The lowest BCUT2D eigenvalue weighted by molar-refractivity contribution is 0.00669. The van der Waals surface area contributed by atoms with E-state index in [1.165, 1.54) is 0 Å². The molecule has 216 valence electrons. The van der Waals surface area contributed by atoms with Crippen LogP contribution in [-0.4, -0.2) is 47.2 Å². The van der Waals surface area contributed by atoms with Gasteiger partial charge in [-0.3, -0.25) is 4.98 Å². The lowest BCUT2D eigenvalue weighted by Gasteiger charge is -2.38. The Hall–Kier alpha value is -3.58. The number of nitrogens with zero attached hydrogens (tertiary/aromatic N) is 3. The van der Waals surface area contributed by atoms with Gasteiger partial charge in [-0.05, 0) is 80.4 Å². The molecule has 1 N–H and O–H groups in total. The van der Waals surface area contributed by atoms with Gasteiger partial charge in [0.15, 0.2) is 0 Å². The van der Waals surface area contributed by atoms with Gasteiger partial charge < -0.3 is 14.7 Å². The van der Waals surface area contributed by atoms with E-state index in [1.54, 1.807) is 7.11 Å². The molecule has 0 radical (unpaired) electrons. The van der Waals surface area contributed by atoms with Crippen LogP contribution in [0.25, 0.3) is 10.9 Å². The van der Waals surface area contributed by atoms with Crippen molar-refractivity contribution in [1.29, 1.82) is 0 Å². The zero-order valence-electron chi connectivity index (χ0n) is 24.3. The van der Waals surface area contributed by atoms with E-state index in [-0.39, 0.29) is 0 Å². The maximum absolute atomic E-state index is 12.9. The van der Waals surface area contributed by atoms with Gasteiger partial charge in [-0.2, -0.15) is 0 Å². The third-order valence-corrected chi connectivity index (χ3v) is 8.47. The van der Waals surface area contributed by atoms with E-state index in [9.17, 15) is 5.11 Å². The van der Waals surface area contributed by atoms with Gasteiger partial charge in [-0.1, -0.05) is 82.7 Å². The molecule has 0 aliphatic heterocycles. The summed E-state index contributed by atoms with van der Waals surface area (Å²) in [5, 5.41) is 13.9. The number of aliphatic hydroxyl groups is 1. The molecule has 2 heterocycles. The van der Waals surface area contributed by atoms with E-state index in [4.69, 9.17) is 9.72 Å². The molecule has 2 aromatic heterocycles. The molecule has 0 aliphatic carbocycles. The van der Waals surface area contributed by atoms with Crippen molar-refractivity contribution in [3.05, 3.63) is 136 Å². The van der Waals surface area contributed by atoms with Crippen LogP contribution in [0, 0.1) is 0 Å². The van der Waals surface area contributed by atoms with Gasteiger partial charge >= 0.3 is 0 Å². The summed E-state index contributed by atoms with van der Waals surface area (Å²) >= 11 is 3.61. The van der Waals surface area contributed by atoms with Gasteiger partial charge in [0.05, 0.1) is 12.6 Å². The van der Waals surface area contributed by atoms with Gasteiger partial charge in [0.25, 0.3) is 0 Å². The Morgan fingerprint density at radius 1 is 0.881 bits per heavy atom. The standard InChI is InChI=1S/C36H38BrN3O2/c1-40(24-20-31-17-9-11-22-38-31)23-12-10-21-36(41,29-15-7-4-8-16-29)34(27-13-5-3-6-14-27)32-26-28-25-30(37)18-19-33(28)39-35(32)42-2/h3-9,11,13-19,22,25-26,34,41H,10,12,20-21,23-24H2,1-2H3. The number of likely N-dealkylation sites (N-methyl/N-ethyl adjacent to an activating group) is 1. The number of rotatable bonds is 13. The van der Waals surface area contributed by atoms with Crippen molar-refractivity contribution in [2.45, 2.75) is 37.2 Å². The van der Waals surface area contributed by atoms with Crippen molar-refractivity contribution in [1.82, 2.24) is 14.9 Å². The minimum atomic E-state index is -1.19. The second kappa shape index (κ2) is 14.1. The smallest absolute Gasteiger partial charge is 0.217 e. The van der Waals surface area contributed by atoms with E-state index in [2.05, 4.69) is 63.2 Å². The summed E-state index contributed by atoms with van der Waals surface area (Å²) in [4.78, 5) is 11.7. The van der Waals surface area contributed by atoms with Crippen molar-refractivity contribution < 1.29 is 9.84 Å². The van der Waals surface area contributed by atoms with Gasteiger partial charge in [-0.25, -0.2) is 4.98 Å². The zero-order chi connectivity index (χ0) is 29.4. The van der Waals surface area contributed by atoms with Crippen molar-refractivity contribution in [2.24, 2.45) is 0 Å². The van der Waals surface area contributed by atoms with E-state index in [0.717, 1.165) is 70.1 Å². The summed E-state index contributed by atoms with van der Waals surface area (Å²) in [5.74, 6) is 0.135. The minimum Gasteiger partial charge on any atom is -0.481 e. The fourth-order valence-corrected chi connectivity index (χ4v) is 6.17. The number of fused-ring (bicyclic) bond motifs is 1. The van der Waals surface area contributed by atoms with E-state index >= 15 is 0 Å². The van der Waals surface area contributed by atoms with Gasteiger partial charge in [0, 0.05) is 46.2 Å². The number of halogens is 1. The highest BCUT2D eigenvalue weighted by Gasteiger charge is 2.42. The Bertz CT molecular complexity index is 1570. The van der Waals surface area contributed by atoms with Crippen LogP contribution in [0.3, 0.4) is 0 Å². The number of benzene rings is 3. The first kappa shape index (κ1) is 29.9. The number of hydrogen-bond acceptors (Lipinski definition) is 5. The maximum atomic E-state index is 12.9. The highest BCUT2D eigenvalue weighted by atomic mass is 79.9. The number of unbranched alkanes of at least 4 members (excludes halogenated alkanes) is 1. The SMILES string of the molecule is COc1nc2ccc(Br)cc2cc1C(c1ccccc1)C(O)(CCCCN(C)CCc1ccccn1)c1ccccc1. The second-order valence-electron chi connectivity index (χ2n) is 10.9. The van der Waals surface area contributed by atoms with E-state index in [1.807, 2.05) is 79.0 Å². The van der Waals surface area contributed by atoms with Gasteiger partial charge in [-0.15, -0.1) is 0 Å². The highest BCUT2D eigenvalue weighted by Crippen LogP contribution is 2.48. The van der Waals surface area contributed by atoms with Crippen molar-refractivity contribution >= 4 is 26.8 Å². The Kier molecular flexibility index (Phi) is 10.0. The van der Waals surface area contributed by atoms with Crippen LogP contribution in [-0.2, 0) is 12.0 Å². The van der Waals surface area contributed by atoms with Crippen molar-refractivity contribution in [2.75, 3.05) is 27.2 Å². The second-order valence-corrected chi connectivity index (χ2v) is 11.8. The lowest BCUT2D eigenvalue weighted by Crippen LogP contribution is -2.35.